The van der Waals surface area contributed by atoms with Gasteiger partial charge in [-0.05, 0) is 35.4 Å². The quantitative estimate of drug-likeness (QED) is 0.411. The number of aliphatic hydroxyl groups excluding tert-OH is 2. The third-order valence-electron chi connectivity index (χ3n) is 3.24. The number of hydrogen-bond donors (Lipinski definition) is 2. The predicted molar refractivity (Wildman–Crippen MR) is 93.6 cm³/mol. The fraction of sp³-hybridized carbons (Fsp3) is 0.222. The lowest BCUT2D eigenvalue weighted by atomic mass is 10.1. The van der Waals surface area contributed by atoms with E-state index in [1.807, 2.05) is 18.2 Å². The first-order valence-electron chi connectivity index (χ1n) is 7.68. The Morgan fingerprint density at radius 1 is 0.880 bits per heavy atom. The summed E-state index contributed by atoms with van der Waals surface area (Å²) in [6.45, 7) is 0.0437. The Labute approximate surface area is 144 Å². The Morgan fingerprint density at radius 3 is 2.04 bits per heavy atom. The molecule has 0 bridgehead atoms. The molecule has 132 valence electrons. The summed E-state index contributed by atoms with van der Waals surface area (Å²) in [7, 11) is 0. The van der Waals surface area contributed by atoms with E-state index in [9.17, 15) is 10.1 Å². The molecule has 0 saturated heterocycles. The zero-order valence-electron chi connectivity index (χ0n) is 13.5. The molecular weight excluding hydrogens is 326 g/mol. The molecule has 0 unspecified atom stereocenters. The van der Waals surface area contributed by atoms with Crippen molar-refractivity contribution in [3.8, 4) is 11.5 Å². The molecule has 0 spiro atoms. The number of hydrogen-bond acceptors (Lipinski definition) is 6. The van der Waals surface area contributed by atoms with E-state index >= 15 is 0 Å². The van der Waals surface area contributed by atoms with Crippen LogP contribution in [-0.2, 0) is 0 Å². The van der Waals surface area contributed by atoms with E-state index in [1.54, 1.807) is 24.3 Å². The van der Waals surface area contributed by atoms with Gasteiger partial charge in [0.1, 0.15) is 13.2 Å². The number of nitro groups is 1. The standard InChI is InChI=1S/C18H19NO6/c20-9-11-24-17-8-5-15(13-18(17)25-12-10-21)2-1-14-3-6-16(7-4-14)19(22)23/h1-8,13,20-21H,9-12H2. The number of benzene rings is 2. The van der Waals surface area contributed by atoms with Gasteiger partial charge in [-0.25, -0.2) is 0 Å². The van der Waals surface area contributed by atoms with Crippen molar-refractivity contribution in [1.82, 2.24) is 0 Å². The van der Waals surface area contributed by atoms with Gasteiger partial charge < -0.3 is 19.7 Å². The van der Waals surface area contributed by atoms with Crippen LogP contribution in [0.2, 0.25) is 0 Å². The summed E-state index contributed by atoms with van der Waals surface area (Å²) in [6.07, 6.45) is 3.66. The highest BCUT2D eigenvalue weighted by Gasteiger charge is 2.06. The lowest BCUT2D eigenvalue weighted by Crippen LogP contribution is -2.06. The SMILES string of the molecule is O=[N+]([O-])c1ccc(C=Cc2ccc(OCCO)c(OCCO)c2)cc1. The zero-order valence-corrected chi connectivity index (χ0v) is 13.5. The van der Waals surface area contributed by atoms with Crippen molar-refractivity contribution < 1.29 is 24.6 Å². The van der Waals surface area contributed by atoms with Gasteiger partial charge in [-0.2, -0.15) is 0 Å². The van der Waals surface area contributed by atoms with Crippen LogP contribution >= 0.6 is 0 Å². The van der Waals surface area contributed by atoms with Crippen molar-refractivity contribution in [2.45, 2.75) is 0 Å². The van der Waals surface area contributed by atoms with E-state index in [0.717, 1.165) is 11.1 Å². The lowest BCUT2D eigenvalue weighted by molar-refractivity contribution is -0.384. The van der Waals surface area contributed by atoms with E-state index < -0.39 is 4.92 Å². The fourth-order valence-corrected chi connectivity index (χ4v) is 2.07. The highest BCUT2D eigenvalue weighted by molar-refractivity contribution is 5.71. The number of rotatable bonds is 9. The second kappa shape index (κ2) is 9.41. The van der Waals surface area contributed by atoms with Gasteiger partial charge in [0, 0.05) is 12.1 Å². The van der Waals surface area contributed by atoms with Crippen molar-refractivity contribution in [1.29, 1.82) is 0 Å². The summed E-state index contributed by atoms with van der Waals surface area (Å²) < 4.78 is 10.8. The maximum atomic E-state index is 10.7. The molecule has 2 N–H and O–H groups in total. The van der Waals surface area contributed by atoms with Crippen LogP contribution < -0.4 is 9.47 Å². The van der Waals surface area contributed by atoms with Gasteiger partial charge in [-0.3, -0.25) is 10.1 Å². The summed E-state index contributed by atoms with van der Waals surface area (Å²) in [5.41, 5.74) is 1.70. The first kappa shape index (κ1) is 18.4. The largest absolute Gasteiger partial charge is 0.487 e. The minimum atomic E-state index is -0.441. The van der Waals surface area contributed by atoms with E-state index in [-0.39, 0.29) is 32.1 Å². The Hall–Kier alpha value is -2.90. The molecule has 25 heavy (non-hydrogen) atoms. The van der Waals surface area contributed by atoms with Crippen LogP contribution in [0.4, 0.5) is 5.69 Å². The van der Waals surface area contributed by atoms with Crippen molar-refractivity contribution in [3.05, 3.63) is 63.7 Å². The molecule has 0 fully saturated rings. The highest BCUT2D eigenvalue weighted by Crippen LogP contribution is 2.29. The Morgan fingerprint density at radius 2 is 1.44 bits per heavy atom. The number of nitro benzene ring substituents is 1. The van der Waals surface area contributed by atoms with E-state index in [4.69, 9.17) is 19.7 Å². The first-order chi connectivity index (χ1) is 12.1. The van der Waals surface area contributed by atoms with Gasteiger partial charge in [-0.15, -0.1) is 0 Å². The fourth-order valence-electron chi connectivity index (χ4n) is 2.07. The van der Waals surface area contributed by atoms with Crippen molar-refractivity contribution in [2.75, 3.05) is 26.4 Å². The van der Waals surface area contributed by atoms with Crippen molar-refractivity contribution >= 4 is 17.8 Å². The Kier molecular flexibility index (Phi) is 6.94. The average molecular weight is 345 g/mol. The van der Waals surface area contributed by atoms with Crippen LogP contribution in [0.15, 0.2) is 42.5 Å². The maximum absolute atomic E-state index is 10.7. The topological polar surface area (TPSA) is 102 Å². The first-order valence-corrected chi connectivity index (χ1v) is 7.68. The number of non-ortho nitro benzene ring substituents is 1. The normalized spacial score (nSPS) is 10.8. The number of aliphatic hydroxyl groups is 2. The molecule has 0 aliphatic heterocycles. The molecule has 2 aromatic rings. The molecular formula is C18H19NO6. The molecule has 0 amide bonds. The van der Waals surface area contributed by atoms with Gasteiger partial charge in [0.05, 0.1) is 18.1 Å². The summed E-state index contributed by atoms with van der Waals surface area (Å²) in [5.74, 6) is 0.948. The monoisotopic (exact) mass is 345 g/mol. The maximum Gasteiger partial charge on any atom is 0.269 e. The van der Waals surface area contributed by atoms with Gasteiger partial charge in [-0.1, -0.05) is 18.2 Å². The molecule has 2 rings (SSSR count). The van der Waals surface area contributed by atoms with E-state index in [2.05, 4.69) is 0 Å². The molecule has 0 aliphatic rings. The highest BCUT2D eigenvalue weighted by atomic mass is 16.6. The van der Waals surface area contributed by atoms with Crippen molar-refractivity contribution in [2.24, 2.45) is 0 Å². The summed E-state index contributed by atoms with van der Waals surface area (Å²) >= 11 is 0. The molecule has 7 nitrogen and oxygen atoms in total. The molecule has 0 radical (unpaired) electrons. The van der Waals surface area contributed by atoms with Gasteiger partial charge in [0.2, 0.25) is 0 Å². The molecule has 0 aromatic heterocycles. The molecule has 0 atom stereocenters. The predicted octanol–water partition coefficient (Wildman–Crippen LogP) is 2.51. The number of ether oxygens (including phenoxy) is 2. The van der Waals surface area contributed by atoms with Crippen LogP contribution in [0.5, 0.6) is 11.5 Å². The molecule has 0 heterocycles. The van der Waals surface area contributed by atoms with E-state index in [0.29, 0.717) is 11.5 Å². The third-order valence-corrected chi connectivity index (χ3v) is 3.24. The molecule has 7 heteroatoms. The summed E-state index contributed by atoms with van der Waals surface area (Å²) in [5, 5.41) is 28.4. The smallest absolute Gasteiger partial charge is 0.269 e. The van der Waals surface area contributed by atoms with Gasteiger partial charge in [0.15, 0.2) is 11.5 Å². The zero-order chi connectivity index (χ0) is 18.1. The second-order valence-electron chi connectivity index (χ2n) is 5.03. The molecule has 0 saturated carbocycles. The summed E-state index contributed by atoms with van der Waals surface area (Å²) in [6, 6.07) is 11.5. The van der Waals surface area contributed by atoms with Crippen LogP contribution in [-0.4, -0.2) is 41.6 Å². The summed E-state index contributed by atoms with van der Waals surface area (Å²) in [4.78, 5) is 10.2. The Bertz CT molecular complexity index is 727. The second-order valence-corrected chi connectivity index (χ2v) is 5.03. The Balaban J connectivity index is 2.15. The molecule has 2 aromatic carbocycles. The average Bonchev–Trinajstić information content (AvgIpc) is 2.64. The van der Waals surface area contributed by atoms with Crippen molar-refractivity contribution in [3.63, 3.8) is 0 Å². The van der Waals surface area contributed by atoms with Crippen LogP contribution in [0.25, 0.3) is 12.2 Å². The lowest BCUT2D eigenvalue weighted by Gasteiger charge is -2.12. The van der Waals surface area contributed by atoms with Crippen LogP contribution in [0, 0.1) is 10.1 Å². The third kappa shape index (κ3) is 5.59. The minimum absolute atomic E-state index is 0.0437. The van der Waals surface area contributed by atoms with Gasteiger partial charge >= 0.3 is 0 Å². The minimum Gasteiger partial charge on any atom is -0.487 e. The van der Waals surface area contributed by atoms with Crippen LogP contribution in [0.1, 0.15) is 11.1 Å². The molecule has 0 aliphatic carbocycles. The van der Waals surface area contributed by atoms with Crippen LogP contribution in [0.3, 0.4) is 0 Å². The van der Waals surface area contributed by atoms with Gasteiger partial charge in [0.25, 0.3) is 5.69 Å². The number of nitrogens with zero attached hydrogens (tertiary/aromatic N) is 1. The van der Waals surface area contributed by atoms with E-state index in [1.165, 1.54) is 12.1 Å².